The van der Waals surface area contributed by atoms with Gasteiger partial charge in [-0.2, -0.15) is 0 Å². The molecule has 0 fully saturated rings. The van der Waals surface area contributed by atoms with Gasteiger partial charge < -0.3 is 4.74 Å². The highest BCUT2D eigenvalue weighted by Crippen LogP contribution is 2.31. The van der Waals surface area contributed by atoms with E-state index in [2.05, 4.69) is 4.98 Å². The van der Waals surface area contributed by atoms with E-state index in [1.807, 2.05) is 24.3 Å². The number of ether oxygens (including phenoxy) is 1. The van der Waals surface area contributed by atoms with Crippen molar-refractivity contribution in [2.24, 2.45) is 0 Å². The fourth-order valence-electron chi connectivity index (χ4n) is 1.98. The molecule has 2 aromatic carbocycles. The van der Waals surface area contributed by atoms with Gasteiger partial charge in [-0.3, -0.25) is 0 Å². The Morgan fingerprint density at radius 1 is 1.10 bits per heavy atom. The maximum absolute atomic E-state index is 13.8. The van der Waals surface area contributed by atoms with Crippen molar-refractivity contribution in [3.63, 3.8) is 0 Å². The first-order chi connectivity index (χ1) is 10.2. The van der Waals surface area contributed by atoms with Gasteiger partial charge in [-0.1, -0.05) is 12.1 Å². The Morgan fingerprint density at radius 2 is 1.95 bits per heavy atom. The zero-order valence-electron chi connectivity index (χ0n) is 11.1. The second-order valence-electron chi connectivity index (χ2n) is 4.39. The van der Waals surface area contributed by atoms with Gasteiger partial charge in [-0.15, -0.1) is 11.3 Å². The largest absolute Gasteiger partial charge is 0.497 e. The van der Waals surface area contributed by atoms with Crippen molar-refractivity contribution < 1.29 is 13.5 Å². The molecule has 0 atom stereocenters. The highest BCUT2D eigenvalue weighted by atomic mass is 32.1. The molecule has 5 heteroatoms. The fraction of sp³-hybridized carbons (Fsp3) is 0.0625. The quantitative estimate of drug-likeness (QED) is 0.695. The number of hydrogen-bond donors (Lipinski definition) is 0. The summed E-state index contributed by atoms with van der Waals surface area (Å²) >= 11 is 1.38. The van der Waals surface area contributed by atoms with Gasteiger partial charge in [0.15, 0.2) is 0 Å². The average molecular weight is 303 g/mol. The summed E-state index contributed by atoms with van der Waals surface area (Å²) in [5.41, 5.74) is 1.47. The van der Waals surface area contributed by atoms with Crippen molar-refractivity contribution in [2.75, 3.05) is 7.11 Å². The molecular formula is C16H11F2NOS. The van der Waals surface area contributed by atoms with Crippen LogP contribution >= 0.6 is 11.3 Å². The molecule has 2 nitrogen and oxygen atoms in total. The highest BCUT2D eigenvalue weighted by Gasteiger charge is 2.12. The molecule has 3 rings (SSSR count). The molecule has 0 amide bonds. The van der Waals surface area contributed by atoms with E-state index in [1.54, 1.807) is 12.5 Å². The van der Waals surface area contributed by atoms with Crippen molar-refractivity contribution in [1.29, 1.82) is 0 Å². The van der Waals surface area contributed by atoms with Crippen molar-refractivity contribution in [3.8, 4) is 27.6 Å². The van der Waals surface area contributed by atoms with Crippen LogP contribution in [0, 0.1) is 11.6 Å². The SMILES string of the molecule is COc1cccc(-c2nc(-c3cc(F)ccc3F)cs2)c1. The minimum absolute atomic E-state index is 0.167. The van der Waals surface area contributed by atoms with E-state index >= 15 is 0 Å². The van der Waals surface area contributed by atoms with Crippen LogP contribution in [0.3, 0.4) is 0 Å². The lowest BCUT2D eigenvalue weighted by atomic mass is 10.1. The van der Waals surface area contributed by atoms with Crippen LogP contribution in [0.2, 0.25) is 0 Å². The third-order valence-electron chi connectivity index (χ3n) is 3.03. The lowest BCUT2D eigenvalue weighted by Crippen LogP contribution is -1.87. The molecule has 0 radical (unpaired) electrons. The molecule has 0 unspecified atom stereocenters. The van der Waals surface area contributed by atoms with Crippen LogP contribution in [0.25, 0.3) is 21.8 Å². The summed E-state index contributed by atoms with van der Waals surface area (Å²) in [7, 11) is 1.59. The zero-order valence-corrected chi connectivity index (χ0v) is 12.0. The second-order valence-corrected chi connectivity index (χ2v) is 5.25. The molecular weight excluding hydrogens is 292 g/mol. The second kappa shape index (κ2) is 5.61. The van der Waals surface area contributed by atoms with E-state index < -0.39 is 11.6 Å². The summed E-state index contributed by atoms with van der Waals surface area (Å²) in [5, 5.41) is 2.44. The highest BCUT2D eigenvalue weighted by molar-refractivity contribution is 7.13. The zero-order chi connectivity index (χ0) is 14.8. The van der Waals surface area contributed by atoms with Crippen LogP contribution < -0.4 is 4.74 Å². The smallest absolute Gasteiger partial charge is 0.132 e. The van der Waals surface area contributed by atoms with E-state index in [-0.39, 0.29) is 5.56 Å². The summed E-state index contributed by atoms with van der Waals surface area (Å²) in [6, 6.07) is 10.8. The summed E-state index contributed by atoms with van der Waals surface area (Å²) < 4.78 is 32.2. The molecule has 21 heavy (non-hydrogen) atoms. The molecule has 1 heterocycles. The first-order valence-corrected chi connectivity index (χ1v) is 7.11. The molecule has 0 aliphatic heterocycles. The first kappa shape index (κ1) is 13.7. The summed E-state index contributed by atoms with van der Waals surface area (Å²) in [4.78, 5) is 4.38. The van der Waals surface area contributed by atoms with Crippen LogP contribution in [0.4, 0.5) is 8.78 Å². The van der Waals surface area contributed by atoms with Crippen LogP contribution in [0.5, 0.6) is 5.75 Å². The maximum atomic E-state index is 13.8. The van der Waals surface area contributed by atoms with Crippen LogP contribution in [-0.4, -0.2) is 12.1 Å². The Balaban J connectivity index is 2.01. The average Bonchev–Trinajstić information content (AvgIpc) is 2.99. The van der Waals surface area contributed by atoms with Crippen molar-refractivity contribution in [2.45, 2.75) is 0 Å². The number of hydrogen-bond acceptors (Lipinski definition) is 3. The minimum Gasteiger partial charge on any atom is -0.497 e. The van der Waals surface area contributed by atoms with Gasteiger partial charge in [0, 0.05) is 16.5 Å². The molecule has 0 saturated heterocycles. The van der Waals surface area contributed by atoms with Gasteiger partial charge in [0.2, 0.25) is 0 Å². The minimum atomic E-state index is -0.487. The fourth-order valence-corrected chi connectivity index (χ4v) is 2.80. The Hall–Kier alpha value is -2.27. The third-order valence-corrected chi connectivity index (χ3v) is 3.92. The molecule has 0 aliphatic carbocycles. The normalized spacial score (nSPS) is 10.6. The standard InChI is InChI=1S/C16H11F2NOS/c1-20-12-4-2-3-10(7-12)16-19-15(9-21-16)13-8-11(17)5-6-14(13)18/h2-9H,1H3. The Kier molecular flexibility index (Phi) is 3.66. The van der Waals surface area contributed by atoms with Gasteiger partial charge in [0.05, 0.1) is 12.8 Å². The van der Waals surface area contributed by atoms with Crippen molar-refractivity contribution in [3.05, 3.63) is 59.5 Å². The molecule has 0 saturated carbocycles. The summed E-state index contributed by atoms with van der Waals surface area (Å²) in [5.74, 6) is -0.248. The Morgan fingerprint density at radius 3 is 2.76 bits per heavy atom. The predicted octanol–water partition coefficient (Wildman–Crippen LogP) is 4.76. The number of halogens is 2. The number of methoxy groups -OCH3 is 1. The molecule has 0 bridgehead atoms. The summed E-state index contributed by atoms with van der Waals surface area (Å²) in [6.45, 7) is 0. The number of rotatable bonds is 3. The molecule has 1 aromatic heterocycles. The van der Waals surface area contributed by atoms with Crippen molar-refractivity contribution in [1.82, 2.24) is 4.98 Å². The van der Waals surface area contributed by atoms with Crippen molar-refractivity contribution >= 4 is 11.3 Å². The monoisotopic (exact) mass is 303 g/mol. The molecule has 0 N–H and O–H groups in total. The van der Waals surface area contributed by atoms with Crippen LogP contribution in [0.1, 0.15) is 0 Å². The van der Waals surface area contributed by atoms with E-state index in [1.165, 1.54) is 11.3 Å². The van der Waals surface area contributed by atoms with Gasteiger partial charge >= 0.3 is 0 Å². The van der Waals surface area contributed by atoms with E-state index in [0.717, 1.165) is 34.5 Å². The topological polar surface area (TPSA) is 22.1 Å². The number of nitrogens with zero attached hydrogens (tertiary/aromatic N) is 1. The summed E-state index contributed by atoms with van der Waals surface area (Å²) in [6.07, 6.45) is 0. The van der Waals surface area contributed by atoms with Gasteiger partial charge in [-0.25, -0.2) is 13.8 Å². The molecule has 106 valence electrons. The van der Waals surface area contributed by atoms with E-state index in [9.17, 15) is 8.78 Å². The first-order valence-electron chi connectivity index (χ1n) is 6.23. The maximum Gasteiger partial charge on any atom is 0.132 e. The number of benzene rings is 2. The van der Waals surface area contributed by atoms with Crippen LogP contribution in [-0.2, 0) is 0 Å². The Bertz CT molecular complexity index is 785. The van der Waals surface area contributed by atoms with Gasteiger partial charge in [-0.05, 0) is 30.3 Å². The predicted molar refractivity (Wildman–Crippen MR) is 79.5 cm³/mol. The van der Waals surface area contributed by atoms with Crippen LogP contribution in [0.15, 0.2) is 47.8 Å². The van der Waals surface area contributed by atoms with E-state index in [0.29, 0.717) is 5.69 Å². The lowest BCUT2D eigenvalue weighted by molar-refractivity contribution is 0.415. The van der Waals surface area contributed by atoms with Gasteiger partial charge in [0.1, 0.15) is 22.4 Å². The Labute approximate surface area is 124 Å². The van der Waals surface area contributed by atoms with Gasteiger partial charge in [0.25, 0.3) is 0 Å². The molecule has 0 aliphatic rings. The lowest BCUT2D eigenvalue weighted by Gasteiger charge is -2.02. The molecule has 0 spiro atoms. The van der Waals surface area contributed by atoms with E-state index in [4.69, 9.17) is 4.74 Å². The third kappa shape index (κ3) is 2.78. The molecule has 3 aromatic rings. The number of thiazole rings is 1. The number of aromatic nitrogens is 1.